The lowest BCUT2D eigenvalue weighted by Gasteiger charge is -2.37. The van der Waals surface area contributed by atoms with E-state index in [1.165, 1.54) is 12.8 Å². The van der Waals surface area contributed by atoms with Crippen LogP contribution in [0.1, 0.15) is 58.8 Å². The van der Waals surface area contributed by atoms with Gasteiger partial charge in [-0.05, 0) is 69.4 Å². The summed E-state index contributed by atoms with van der Waals surface area (Å²) in [6, 6.07) is 0. The summed E-state index contributed by atoms with van der Waals surface area (Å²) in [6.07, 6.45) is 7.03. The molecule has 3 aliphatic heterocycles. The molecule has 5 heteroatoms. The number of amides is 2. The SMILES string of the molecule is CC1CCN(C(=O)C2CCN(C(=O)CC(C)C3CCNCC3)CC2)CC1. The first kappa shape index (κ1) is 19.7. The molecular formula is C21H37N3O2. The van der Waals surface area contributed by atoms with E-state index in [4.69, 9.17) is 0 Å². The quantitative estimate of drug-likeness (QED) is 0.835. The highest BCUT2D eigenvalue weighted by Gasteiger charge is 2.32. The number of nitrogens with zero attached hydrogens (tertiary/aromatic N) is 2. The predicted octanol–water partition coefficient (Wildman–Crippen LogP) is 2.51. The molecule has 0 spiro atoms. The molecule has 0 saturated carbocycles. The van der Waals surface area contributed by atoms with Crippen molar-refractivity contribution in [3.05, 3.63) is 0 Å². The summed E-state index contributed by atoms with van der Waals surface area (Å²) >= 11 is 0. The normalized spacial score (nSPS) is 25.3. The molecule has 3 rings (SSSR count). The number of carbonyl (C=O) groups excluding carboxylic acids is 2. The maximum absolute atomic E-state index is 12.7. The Balaban J connectivity index is 1.41. The predicted molar refractivity (Wildman–Crippen MR) is 104 cm³/mol. The Hall–Kier alpha value is -1.10. The second-order valence-corrected chi connectivity index (χ2v) is 8.93. The fourth-order valence-electron chi connectivity index (χ4n) is 4.85. The summed E-state index contributed by atoms with van der Waals surface area (Å²) in [6.45, 7) is 10.1. The molecule has 0 bridgehead atoms. The van der Waals surface area contributed by atoms with Gasteiger partial charge in [-0.2, -0.15) is 0 Å². The van der Waals surface area contributed by atoms with Gasteiger partial charge in [0.1, 0.15) is 0 Å². The molecule has 1 unspecified atom stereocenters. The second kappa shape index (κ2) is 9.20. The van der Waals surface area contributed by atoms with Gasteiger partial charge >= 0.3 is 0 Å². The van der Waals surface area contributed by atoms with Crippen LogP contribution in [0.2, 0.25) is 0 Å². The van der Waals surface area contributed by atoms with Gasteiger partial charge in [0.05, 0.1) is 0 Å². The minimum atomic E-state index is 0.134. The Kier molecular flexibility index (Phi) is 6.96. The summed E-state index contributed by atoms with van der Waals surface area (Å²) in [5, 5.41) is 3.40. The Morgan fingerprint density at radius 3 is 2.12 bits per heavy atom. The van der Waals surface area contributed by atoms with Crippen LogP contribution >= 0.6 is 0 Å². The molecule has 3 heterocycles. The molecular weight excluding hydrogens is 326 g/mol. The van der Waals surface area contributed by atoms with Crippen molar-refractivity contribution >= 4 is 11.8 Å². The Labute approximate surface area is 158 Å². The van der Waals surface area contributed by atoms with Crippen molar-refractivity contribution in [2.24, 2.45) is 23.7 Å². The van der Waals surface area contributed by atoms with E-state index < -0.39 is 0 Å². The first-order valence-electron chi connectivity index (χ1n) is 10.8. The molecule has 0 aromatic carbocycles. The lowest BCUT2D eigenvalue weighted by Crippen LogP contribution is -2.46. The van der Waals surface area contributed by atoms with Gasteiger partial charge in [0.2, 0.25) is 11.8 Å². The van der Waals surface area contributed by atoms with Crippen LogP contribution in [-0.4, -0.2) is 60.9 Å². The first-order valence-corrected chi connectivity index (χ1v) is 10.8. The van der Waals surface area contributed by atoms with Gasteiger partial charge in [-0.25, -0.2) is 0 Å². The van der Waals surface area contributed by atoms with Crippen LogP contribution in [0.5, 0.6) is 0 Å². The molecule has 3 aliphatic rings. The topological polar surface area (TPSA) is 52.7 Å². The minimum absolute atomic E-state index is 0.134. The van der Waals surface area contributed by atoms with Crippen molar-refractivity contribution in [3.8, 4) is 0 Å². The Morgan fingerprint density at radius 1 is 0.923 bits per heavy atom. The zero-order valence-electron chi connectivity index (χ0n) is 16.7. The zero-order chi connectivity index (χ0) is 18.5. The molecule has 0 aromatic heterocycles. The highest BCUT2D eigenvalue weighted by Crippen LogP contribution is 2.27. The average molecular weight is 364 g/mol. The van der Waals surface area contributed by atoms with Crippen LogP contribution in [0.25, 0.3) is 0 Å². The fourth-order valence-corrected chi connectivity index (χ4v) is 4.85. The minimum Gasteiger partial charge on any atom is -0.343 e. The number of carbonyl (C=O) groups is 2. The standard InChI is InChI=1S/C21H37N3O2/c1-16-5-11-24(12-6-16)21(26)19-7-13-23(14-8-19)20(25)15-17(2)18-3-9-22-10-4-18/h16-19,22H,3-15H2,1-2H3. The lowest BCUT2D eigenvalue weighted by atomic mass is 9.83. The number of likely N-dealkylation sites (tertiary alicyclic amines) is 2. The van der Waals surface area contributed by atoms with Crippen LogP contribution < -0.4 is 5.32 Å². The molecule has 0 aliphatic carbocycles. The van der Waals surface area contributed by atoms with Gasteiger partial charge in [-0.3, -0.25) is 9.59 Å². The number of hydrogen-bond acceptors (Lipinski definition) is 3. The maximum atomic E-state index is 12.7. The molecule has 0 radical (unpaired) electrons. The van der Waals surface area contributed by atoms with E-state index in [1.807, 2.05) is 4.90 Å². The van der Waals surface area contributed by atoms with E-state index in [1.54, 1.807) is 0 Å². The van der Waals surface area contributed by atoms with Gasteiger partial charge in [0.25, 0.3) is 0 Å². The number of nitrogens with one attached hydrogen (secondary N) is 1. The molecule has 0 aromatic rings. The highest BCUT2D eigenvalue weighted by atomic mass is 16.2. The third-order valence-electron chi connectivity index (χ3n) is 6.98. The van der Waals surface area contributed by atoms with Crippen LogP contribution in [-0.2, 0) is 9.59 Å². The van der Waals surface area contributed by atoms with Crippen molar-refractivity contribution in [2.75, 3.05) is 39.3 Å². The van der Waals surface area contributed by atoms with Gasteiger partial charge in [0.15, 0.2) is 0 Å². The largest absolute Gasteiger partial charge is 0.343 e. The number of piperidine rings is 3. The summed E-state index contributed by atoms with van der Waals surface area (Å²) in [7, 11) is 0. The molecule has 3 fully saturated rings. The maximum Gasteiger partial charge on any atom is 0.225 e. The third-order valence-corrected chi connectivity index (χ3v) is 6.98. The van der Waals surface area contributed by atoms with E-state index in [0.29, 0.717) is 30.1 Å². The van der Waals surface area contributed by atoms with Crippen molar-refractivity contribution in [1.82, 2.24) is 15.1 Å². The summed E-state index contributed by atoms with van der Waals surface area (Å²) in [5.41, 5.74) is 0. The Bertz CT molecular complexity index is 474. The van der Waals surface area contributed by atoms with Crippen LogP contribution in [0.4, 0.5) is 0 Å². The van der Waals surface area contributed by atoms with E-state index >= 15 is 0 Å². The summed E-state index contributed by atoms with van der Waals surface area (Å²) < 4.78 is 0. The van der Waals surface area contributed by atoms with Crippen molar-refractivity contribution in [1.29, 1.82) is 0 Å². The monoisotopic (exact) mass is 363 g/mol. The van der Waals surface area contributed by atoms with E-state index in [-0.39, 0.29) is 5.92 Å². The highest BCUT2D eigenvalue weighted by molar-refractivity contribution is 5.80. The summed E-state index contributed by atoms with van der Waals surface area (Å²) in [4.78, 5) is 29.5. The van der Waals surface area contributed by atoms with Crippen molar-refractivity contribution in [3.63, 3.8) is 0 Å². The van der Waals surface area contributed by atoms with Crippen molar-refractivity contribution in [2.45, 2.75) is 58.8 Å². The second-order valence-electron chi connectivity index (χ2n) is 8.93. The smallest absolute Gasteiger partial charge is 0.225 e. The Morgan fingerprint density at radius 2 is 1.50 bits per heavy atom. The molecule has 3 saturated heterocycles. The number of hydrogen-bond donors (Lipinski definition) is 1. The molecule has 148 valence electrons. The van der Waals surface area contributed by atoms with Crippen LogP contribution in [0, 0.1) is 23.7 Å². The number of rotatable bonds is 4. The van der Waals surface area contributed by atoms with Gasteiger partial charge < -0.3 is 15.1 Å². The molecule has 1 atom stereocenters. The van der Waals surface area contributed by atoms with Gasteiger partial charge in [0, 0.05) is 38.5 Å². The third kappa shape index (κ3) is 4.99. The fraction of sp³-hybridized carbons (Fsp3) is 0.905. The molecule has 1 N–H and O–H groups in total. The average Bonchev–Trinajstić information content (AvgIpc) is 2.69. The summed E-state index contributed by atoms with van der Waals surface area (Å²) in [5.74, 6) is 2.68. The van der Waals surface area contributed by atoms with Gasteiger partial charge in [-0.1, -0.05) is 13.8 Å². The molecule has 2 amide bonds. The van der Waals surface area contributed by atoms with Crippen molar-refractivity contribution < 1.29 is 9.59 Å². The van der Waals surface area contributed by atoms with E-state index in [0.717, 1.165) is 70.9 Å². The van der Waals surface area contributed by atoms with Crippen LogP contribution in [0.3, 0.4) is 0 Å². The van der Waals surface area contributed by atoms with E-state index in [2.05, 4.69) is 24.1 Å². The van der Waals surface area contributed by atoms with E-state index in [9.17, 15) is 9.59 Å². The van der Waals surface area contributed by atoms with Gasteiger partial charge in [-0.15, -0.1) is 0 Å². The molecule has 26 heavy (non-hydrogen) atoms. The zero-order valence-corrected chi connectivity index (χ0v) is 16.7. The lowest BCUT2D eigenvalue weighted by molar-refractivity contribution is -0.142. The first-order chi connectivity index (χ1) is 12.5. The molecule has 5 nitrogen and oxygen atoms in total. The van der Waals surface area contributed by atoms with Crippen LogP contribution in [0.15, 0.2) is 0 Å².